The summed E-state index contributed by atoms with van der Waals surface area (Å²) >= 11 is 5.32. The number of nitrogens with one attached hydrogen (secondary N) is 3. The van der Waals surface area contributed by atoms with Crippen LogP contribution in [0.25, 0.3) is 0 Å². The summed E-state index contributed by atoms with van der Waals surface area (Å²) in [5.74, 6) is 2.24. The van der Waals surface area contributed by atoms with Crippen molar-refractivity contribution in [2.75, 3.05) is 5.32 Å². The van der Waals surface area contributed by atoms with E-state index in [9.17, 15) is 4.79 Å². The number of hydrazine groups is 1. The van der Waals surface area contributed by atoms with Gasteiger partial charge in [0.1, 0.15) is 0 Å². The van der Waals surface area contributed by atoms with Crippen LogP contribution in [0.3, 0.4) is 0 Å². The van der Waals surface area contributed by atoms with Crippen LogP contribution in [-0.2, 0) is 11.2 Å². The molecule has 1 aromatic carbocycles. The topological polar surface area (TPSA) is 53.2 Å². The Hall–Kier alpha value is -1.62. The largest absolute Gasteiger partial charge is 0.331 e. The summed E-state index contributed by atoms with van der Waals surface area (Å²) in [6.45, 7) is 4.17. The van der Waals surface area contributed by atoms with Crippen LogP contribution in [0.4, 0.5) is 5.69 Å². The van der Waals surface area contributed by atoms with Gasteiger partial charge in [-0.05, 0) is 73.7 Å². The van der Waals surface area contributed by atoms with Gasteiger partial charge in [-0.15, -0.1) is 0 Å². The molecule has 3 atom stereocenters. The van der Waals surface area contributed by atoms with E-state index in [-0.39, 0.29) is 5.91 Å². The van der Waals surface area contributed by atoms with Gasteiger partial charge in [0.2, 0.25) is 5.91 Å². The van der Waals surface area contributed by atoms with E-state index < -0.39 is 0 Å². The molecule has 3 N–H and O–H groups in total. The molecular formula is C19H27N3OS. The van der Waals surface area contributed by atoms with E-state index >= 15 is 0 Å². The number of fused-ring (bicyclic) bond motifs is 2. The average Bonchev–Trinajstić information content (AvgIpc) is 3.17. The van der Waals surface area contributed by atoms with Crippen molar-refractivity contribution < 1.29 is 4.79 Å². The van der Waals surface area contributed by atoms with Gasteiger partial charge in [-0.1, -0.05) is 31.5 Å². The summed E-state index contributed by atoms with van der Waals surface area (Å²) < 4.78 is 0. The first-order chi connectivity index (χ1) is 11.6. The fraction of sp³-hybridized carbons (Fsp3) is 0.579. The normalized spacial score (nSPS) is 24.7. The summed E-state index contributed by atoms with van der Waals surface area (Å²) in [4.78, 5) is 12.2. The lowest BCUT2D eigenvalue weighted by Gasteiger charge is -2.21. The van der Waals surface area contributed by atoms with Gasteiger partial charge < -0.3 is 5.32 Å². The van der Waals surface area contributed by atoms with Crippen LogP contribution in [-0.4, -0.2) is 11.0 Å². The predicted octanol–water partition coefficient (Wildman–Crippen LogP) is 3.70. The molecule has 2 saturated carbocycles. The summed E-state index contributed by atoms with van der Waals surface area (Å²) in [6, 6.07) is 6.19. The fourth-order valence-electron chi connectivity index (χ4n) is 4.39. The fourth-order valence-corrected chi connectivity index (χ4v) is 4.54. The zero-order valence-electron chi connectivity index (χ0n) is 14.5. The number of para-hydroxylation sites is 1. The third-order valence-electron chi connectivity index (χ3n) is 5.63. The molecule has 5 heteroatoms. The Morgan fingerprint density at radius 3 is 2.75 bits per heavy atom. The zero-order chi connectivity index (χ0) is 17.1. The van der Waals surface area contributed by atoms with E-state index in [0.717, 1.165) is 29.5 Å². The minimum absolute atomic E-state index is 0.0391. The molecule has 1 amide bonds. The van der Waals surface area contributed by atoms with Gasteiger partial charge in [-0.2, -0.15) is 0 Å². The monoisotopic (exact) mass is 345 g/mol. The highest BCUT2D eigenvalue weighted by Crippen LogP contribution is 2.49. The van der Waals surface area contributed by atoms with Crippen molar-refractivity contribution in [2.24, 2.45) is 17.8 Å². The second-order valence-electron chi connectivity index (χ2n) is 7.23. The van der Waals surface area contributed by atoms with Gasteiger partial charge in [-0.3, -0.25) is 15.6 Å². The number of carbonyl (C=O) groups excluding carboxylic acids is 1. The summed E-state index contributed by atoms with van der Waals surface area (Å²) in [7, 11) is 0. The molecule has 2 aliphatic rings. The molecule has 0 aromatic heterocycles. The van der Waals surface area contributed by atoms with Crippen molar-refractivity contribution >= 4 is 28.9 Å². The van der Waals surface area contributed by atoms with Crippen molar-refractivity contribution in [3.63, 3.8) is 0 Å². The molecule has 24 heavy (non-hydrogen) atoms. The Labute approximate surface area is 149 Å². The Kier molecular flexibility index (Phi) is 5.39. The molecule has 3 rings (SSSR count). The number of rotatable bonds is 4. The predicted molar refractivity (Wildman–Crippen MR) is 102 cm³/mol. The highest BCUT2D eigenvalue weighted by Gasteiger charge is 2.40. The van der Waals surface area contributed by atoms with Crippen LogP contribution in [0, 0.1) is 24.7 Å². The Morgan fingerprint density at radius 2 is 2.08 bits per heavy atom. The number of thiocarbonyl (C=S) groups is 1. The van der Waals surface area contributed by atoms with Crippen molar-refractivity contribution in [1.82, 2.24) is 10.9 Å². The molecule has 2 aliphatic carbocycles. The maximum Gasteiger partial charge on any atom is 0.238 e. The van der Waals surface area contributed by atoms with E-state index in [1.807, 2.05) is 6.07 Å². The minimum atomic E-state index is 0.0391. The lowest BCUT2D eigenvalue weighted by Crippen LogP contribution is -2.44. The number of anilines is 1. The molecule has 0 radical (unpaired) electrons. The van der Waals surface area contributed by atoms with Gasteiger partial charge in [0.25, 0.3) is 0 Å². The molecule has 0 saturated heterocycles. The third kappa shape index (κ3) is 3.89. The molecule has 2 bridgehead atoms. The van der Waals surface area contributed by atoms with Crippen LogP contribution in [0.1, 0.15) is 50.2 Å². The van der Waals surface area contributed by atoms with Crippen molar-refractivity contribution in [1.29, 1.82) is 0 Å². The van der Waals surface area contributed by atoms with Gasteiger partial charge in [-0.25, -0.2) is 0 Å². The molecule has 0 heterocycles. The van der Waals surface area contributed by atoms with Crippen LogP contribution in [0.15, 0.2) is 18.2 Å². The molecular weight excluding hydrogens is 318 g/mol. The van der Waals surface area contributed by atoms with E-state index in [4.69, 9.17) is 12.2 Å². The first kappa shape index (κ1) is 17.2. The molecule has 4 nitrogen and oxygen atoms in total. The van der Waals surface area contributed by atoms with E-state index in [0.29, 0.717) is 17.5 Å². The van der Waals surface area contributed by atoms with Crippen LogP contribution >= 0.6 is 12.2 Å². The second-order valence-corrected chi connectivity index (χ2v) is 7.64. The SMILES string of the molecule is CCc1cccc(C)c1NC(=S)NNC(=O)C[C@@H]1C[C@@H]2CC[C@@H]1C2. The lowest BCUT2D eigenvalue weighted by atomic mass is 9.86. The zero-order valence-corrected chi connectivity index (χ0v) is 15.3. The number of hydrogen-bond acceptors (Lipinski definition) is 2. The summed E-state index contributed by atoms with van der Waals surface area (Å²) in [5.41, 5.74) is 8.99. The highest BCUT2D eigenvalue weighted by atomic mass is 32.1. The molecule has 2 fully saturated rings. The van der Waals surface area contributed by atoms with Crippen LogP contribution < -0.4 is 16.2 Å². The van der Waals surface area contributed by atoms with Crippen molar-refractivity contribution in [2.45, 2.75) is 52.4 Å². The Balaban J connectivity index is 1.46. The van der Waals surface area contributed by atoms with Gasteiger partial charge in [0.05, 0.1) is 0 Å². The quantitative estimate of drug-likeness (QED) is 0.575. The molecule has 0 unspecified atom stereocenters. The van der Waals surface area contributed by atoms with E-state index in [1.54, 1.807) is 0 Å². The maximum atomic E-state index is 12.2. The van der Waals surface area contributed by atoms with Crippen molar-refractivity contribution in [3.8, 4) is 0 Å². The van der Waals surface area contributed by atoms with Gasteiger partial charge in [0, 0.05) is 12.1 Å². The number of amides is 1. The van der Waals surface area contributed by atoms with E-state index in [1.165, 1.54) is 31.2 Å². The van der Waals surface area contributed by atoms with E-state index in [2.05, 4.69) is 42.1 Å². The van der Waals surface area contributed by atoms with Gasteiger partial charge in [0.15, 0.2) is 5.11 Å². The number of hydrogen-bond donors (Lipinski definition) is 3. The third-order valence-corrected chi connectivity index (χ3v) is 5.83. The smallest absolute Gasteiger partial charge is 0.238 e. The first-order valence-corrected chi connectivity index (χ1v) is 9.42. The first-order valence-electron chi connectivity index (χ1n) is 9.01. The molecule has 1 aromatic rings. The van der Waals surface area contributed by atoms with Crippen LogP contribution in [0.2, 0.25) is 0 Å². The van der Waals surface area contributed by atoms with Gasteiger partial charge >= 0.3 is 0 Å². The lowest BCUT2D eigenvalue weighted by molar-refractivity contribution is -0.122. The molecule has 0 spiro atoms. The number of carbonyl (C=O) groups is 1. The minimum Gasteiger partial charge on any atom is -0.331 e. The Bertz CT molecular complexity index is 631. The average molecular weight is 346 g/mol. The summed E-state index contributed by atoms with van der Waals surface area (Å²) in [5, 5.41) is 3.64. The standard InChI is InChI=1S/C19H27N3OS/c1-3-14-6-4-5-12(2)18(14)20-19(24)22-21-17(23)11-16-10-13-7-8-15(16)9-13/h4-6,13,15-16H,3,7-11H2,1-2H3,(H,21,23)(H2,20,22,24)/t13-,15-,16+/m1/s1. The van der Waals surface area contributed by atoms with Crippen molar-refractivity contribution in [3.05, 3.63) is 29.3 Å². The molecule has 0 aliphatic heterocycles. The second kappa shape index (κ2) is 7.51. The number of aryl methyl sites for hydroxylation is 2. The highest BCUT2D eigenvalue weighted by molar-refractivity contribution is 7.80. The van der Waals surface area contributed by atoms with Crippen LogP contribution in [0.5, 0.6) is 0 Å². The Morgan fingerprint density at radius 1 is 1.25 bits per heavy atom. The summed E-state index contributed by atoms with van der Waals surface area (Å²) in [6.07, 6.45) is 6.78. The maximum absolute atomic E-state index is 12.2. The number of benzene rings is 1. The molecule has 130 valence electrons.